The molecule has 0 unspecified atom stereocenters. The minimum atomic E-state index is -0.0885. The zero-order chi connectivity index (χ0) is 15.1. The molecular weight excluding hydrogens is 298 g/mol. The third kappa shape index (κ3) is 2.48. The molecule has 2 aromatic rings. The van der Waals surface area contributed by atoms with E-state index in [9.17, 15) is 9.90 Å². The maximum atomic E-state index is 12.3. The van der Waals surface area contributed by atoms with Crippen LogP contribution >= 0.6 is 11.3 Å². The first-order chi connectivity index (χ1) is 10.7. The maximum Gasteiger partial charge on any atom is 0.280 e. The molecule has 2 bridgehead atoms. The average Bonchev–Trinajstić information content (AvgIpc) is 3.24. The molecule has 114 valence electrons. The monoisotopic (exact) mass is 315 g/mol. The predicted molar refractivity (Wildman–Crippen MR) is 85.0 cm³/mol. The lowest BCUT2D eigenvalue weighted by Gasteiger charge is -2.20. The number of nitrogens with zero attached hydrogens (tertiary/aromatic N) is 1. The second-order valence-corrected chi connectivity index (χ2v) is 6.97. The van der Waals surface area contributed by atoms with E-state index in [-0.39, 0.29) is 17.7 Å². The molecular formula is C16H17N3O2S. The van der Waals surface area contributed by atoms with Gasteiger partial charge in [-0.25, -0.2) is 4.98 Å². The summed E-state index contributed by atoms with van der Waals surface area (Å²) in [7, 11) is 0. The van der Waals surface area contributed by atoms with Crippen molar-refractivity contribution >= 4 is 17.2 Å². The van der Waals surface area contributed by atoms with E-state index in [1.54, 1.807) is 18.3 Å². The van der Waals surface area contributed by atoms with Gasteiger partial charge >= 0.3 is 0 Å². The summed E-state index contributed by atoms with van der Waals surface area (Å²) in [5.74, 6) is 0.143. The molecule has 3 heterocycles. The molecule has 3 N–H and O–H groups in total. The number of amides is 1. The number of thiazole rings is 1. The fraction of sp³-hybridized carbons (Fsp3) is 0.375. The highest BCUT2D eigenvalue weighted by atomic mass is 32.1. The molecule has 2 fully saturated rings. The molecule has 6 heteroatoms. The average molecular weight is 315 g/mol. The van der Waals surface area contributed by atoms with Gasteiger partial charge in [-0.3, -0.25) is 4.79 Å². The molecule has 1 amide bonds. The molecule has 1 aromatic heterocycles. The van der Waals surface area contributed by atoms with Gasteiger partial charge in [-0.05, 0) is 49.1 Å². The molecule has 2 aliphatic heterocycles. The Hall–Kier alpha value is -1.92. The van der Waals surface area contributed by atoms with Crippen molar-refractivity contribution in [3.63, 3.8) is 0 Å². The highest BCUT2D eigenvalue weighted by molar-refractivity contribution is 7.16. The number of nitrogens with one attached hydrogen (secondary N) is 2. The van der Waals surface area contributed by atoms with Gasteiger partial charge in [0.2, 0.25) is 0 Å². The van der Waals surface area contributed by atoms with Crippen molar-refractivity contribution in [1.82, 2.24) is 15.6 Å². The van der Waals surface area contributed by atoms with Crippen LogP contribution < -0.4 is 10.6 Å². The highest BCUT2D eigenvalue weighted by Gasteiger charge is 2.39. The van der Waals surface area contributed by atoms with E-state index in [0.717, 1.165) is 23.3 Å². The fourth-order valence-corrected chi connectivity index (χ4v) is 4.18. The molecule has 4 rings (SSSR count). The maximum absolute atomic E-state index is 12.3. The Kier molecular flexibility index (Phi) is 3.35. The molecule has 5 nitrogen and oxygen atoms in total. The van der Waals surface area contributed by atoms with Gasteiger partial charge in [0.1, 0.15) is 5.75 Å². The smallest absolute Gasteiger partial charge is 0.280 e. The standard InChI is InChI=1S/C16H17N3O2S/c20-11-4-1-9(2-5-11)14-8-17-16(22-14)15(21)19-13-7-10-3-6-12(13)18-10/h1-2,4-5,8,10,12-13,18,20H,3,6-7H2,(H,19,21)/t10-,12+,13-/m1/s1. The van der Waals surface area contributed by atoms with Gasteiger partial charge in [-0.15, -0.1) is 11.3 Å². The lowest BCUT2D eigenvalue weighted by molar-refractivity contribution is 0.0930. The number of carbonyl (C=O) groups is 1. The van der Waals surface area contributed by atoms with Crippen molar-refractivity contribution in [1.29, 1.82) is 0 Å². The highest BCUT2D eigenvalue weighted by Crippen LogP contribution is 2.30. The fourth-order valence-electron chi connectivity index (χ4n) is 3.35. The van der Waals surface area contributed by atoms with Crippen molar-refractivity contribution in [2.75, 3.05) is 0 Å². The Morgan fingerprint density at radius 3 is 2.82 bits per heavy atom. The van der Waals surface area contributed by atoms with Crippen LogP contribution in [0.1, 0.15) is 29.1 Å². The molecule has 2 aliphatic rings. The van der Waals surface area contributed by atoms with Gasteiger partial charge in [-0.1, -0.05) is 0 Å². The molecule has 0 aliphatic carbocycles. The van der Waals surface area contributed by atoms with E-state index in [1.807, 2.05) is 12.1 Å². The molecule has 2 saturated heterocycles. The molecule has 0 saturated carbocycles. The molecule has 22 heavy (non-hydrogen) atoms. The second-order valence-electron chi connectivity index (χ2n) is 5.94. The third-order valence-corrected chi connectivity index (χ3v) is 5.51. The van der Waals surface area contributed by atoms with Crippen LogP contribution in [0.25, 0.3) is 10.4 Å². The number of hydrogen-bond acceptors (Lipinski definition) is 5. The van der Waals surface area contributed by atoms with E-state index in [2.05, 4.69) is 15.6 Å². The van der Waals surface area contributed by atoms with Crippen LogP contribution in [0, 0.1) is 0 Å². The summed E-state index contributed by atoms with van der Waals surface area (Å²) in [4.78, 5) is 17.5. The number of hydrogen-bond donors (Lipinski definition) is 3. The van der Waals surface area contributed by atoms with Crippen molar-refractivity contribution in [3.8, 4) is 16.2 Å². The van der Waals surface area contributed by atoms with Gasteiger partial charge < -0.3 is 15.7 Å². The van der Waals surface area contributed by atoms with Crippen LogP contribution in [0.2, 0.25) is 0 Å². The quantitative estimate of drug-likeness (QED) is 0.811. The zero-order valence-electron chi connectivity index (χ0n) is 12.0. The second kappa shape index (κ2) is 5.37. The molecule has 0 radical (unpaired) electrons. The predicted octanol–water partition coefficient (Wildman–Crippen LogP) is 2.14. The first-order valence-electron chi connectivity index (χ1n) is 7.51. The van der Waals surface area contributed by atoms with E-state index in [1.165, 1.54) is 17.8 Å². The van der Waals surface area contributed by atoms with Gasteiger partial charge in [0, 0.05) is 24.3 Å². The van der Waals surface area contributed by atoms with Crippen LogP contribution in [0.3, 0.4) is 0 Å². The number of fused-ring (bicyclic) bond motifs is 2. The zero-order valence-corrected chi connectivity index (χ0v) is 12.8. The SMILES string of the molecule is O=C(N[C@@H]1C[C@H]2CC[C@@H]1N2)c1ncc(-c2ccc(O)cc2)s1. The number of carbonyl (C=O) groups excluding carboxylic acids is 1. The van der Waals surface area contributed by atoms with Crippen molar-refractivity contribution in [2.24, 2.45) is 0 Å². The topological polar surface area (TPSA) is 74.2 Å². The van der Waals surface area contributed by atoms with Gasteiger partial charge in [-0.2, -0.15) is 0 Å². The third-order valence-electron chi connectivity index (χ3n) is 4.47. The summed E-state index contributed by atoms with van der Waals surface area (Å²) in [5, 5.41) is 16.4. The summed E-state index contributed by atoms with van der Waals surface area (Å²) >= 11 is 1.38. The van der Waals surface area contributed by atoms with Crippen LogP contribution in [-0.4, -0.2) is 34.1 Å². The number of aromatic hydroxyl groups is 1. The molecule has 1 aromatic carbocycles. The van der Waals surface area contributed by atoms with Crippen molar-refractivity contribution in [2.45, 2.75) is 37.4 Å². The molecule has 3 atom stereocenters. The van der Waals surface area contributed by atoms with Crippen molar-refractivity contribution < 1.29 is 9.90 Å². The Morgan fingerprint density at radius 2 is 2.14 bits per heavy atom. The summed E-state index contributed by atoms with van der Waals surface area (Å²) in [6.45, 7) is 0. The summed E-state index contributed by atoms with van der Waals surface area (Å²) in [6, 6.07) is 8.14. The first-order valence-corrected chi connectivity index (χ1v) is 8.33. The minimum Gasteiger partial charge on any atom is -0.508 e. The number of benzene rings is 1. The normalized spacial score (nSPS) is 26.3. The summed E-state index contributed by atoms with van der Waals surface area (Å²) < 4.78 is 0. The number of aromatic nitrogens is 1. The van der Waals surface area contributed by atoms with Crippen LogP contribution in [0.4, 0.5) is 0 Å². The van der Waals surface area contributed by atoms with Crippen LogP contribution in [0.5, 0.6) is 5.75 Å². The van der Waals surface area contributed by atoms with Gasteiger partial charge in [0.05, 0.1) is 4.88 Å². The van der Waals surface area contributed by atoms with E-state index in [4.69, 9.17) is 0 Å². The van der Waals surface area contributed by atoms with Gasteiger partial charge in [0.15, 0.2) is 5.01 Å². The Bertz CT molecular complexity index is 698. The number of phenols is 1. The number of phenolic OH excluding ortho intramolecular Hbond substituents is 1. The Labute approximate surface area is 132 Å². The molecule has 0 spiro atoms. The first kappa shape index (κ1) is 13.7. The van der Waals surface area contributed by atoms with Crippen LogP contribution in [0.15, 0.2) is 30.5 Å². The van der Waals surface area contributed by atoms with Crippen molar-refractivity contribution in [3.05, 3.63) is 35.5 Å². The minimum absolute atomic E-state index is 0.0885. The lowest BCUT2D eigenvalue weighted by Crippen LogP contribution is -2.42. The Morgan fingerprint density at radius 1 is 1.32 bits per heavy atom. The Balaban J connectivity index is 1.46. The van der Waals surface area contributed by atoms with E-state index < -0.39 is 0 Å². The largest absolute Gasteiger partial charge is 0.508 e. The summed E-state index contributed by atoms with van der Waals surface area (Å²) in [5.41, 5.74) is 0.955. The van der Waals surface area contributed by atoms with Gasteiger partial charge in [0.25, 0.3) is 5.91 Å². The summed E-state index contributed by atoms with van der Waals surface area (Å²) in [6.07, 6.45) is 5.10. The van der Waals surface area contributed by atoms with E-state index >= 15 is 0 Å². The van der Waals surface area contributed by atoms with Crippen LogP contribution in [-0.2, 0) is 0 Å². The lowest BCUT2D eigenvalue weighted by atomic mass is 9.95. The number of rotatable bonds is 3. The van der Waals surface area contributed by atoms with E-state index in [0.29, 0.717) is 17.1 Å².